The Balaban J connectivity index is 1.36. The first-order chi connectivity index (χ1) is 24.6. The van der Waals surface area contributed by atoms with Crippen molar-refractivity contribution in [2.24, 2.45) is 0 Å². The average molecular weight is 653 g/mol. The Morgan fingerprint density at radius 1 is 0.500 bits per heavy atom. The molecule has 0 radical (unpaired) electrons. The van der Waals surface area contributed by atoms with E-state index in [-0.39, 0.29) is 0 Å². The van der Waals surface area contributed by atoms with Gasteiger partial charge in [0, 0.05) is 36.6 Å². The third kappa shape index (κ3) is 4.64. The smallest absolute Gasteiger partial charge is 0.194 e. The third-order valence-corrected chi connectivity index (χ3v) is 10.6. The molecule has 0 fully saturated rings. The molecule has 0 aliphatic carbocycles. The number of fused-ring (bicyclic) bond motifs is 6. The van der Waals surface area contributed by atoms with Gasteiger partial charge < -0.3 is 4.57 Å². The van der Waals surface area contributed by atoms with Gasteiger partial charge in [0.2, 0.25) is 0 Å². The number of benzene rings is 7. The Bertz CT molecular complexity index is 2910. The van der Waals surface area contributed by atoms with E-state index in [0.717, 1.165) is 60.9 Å². The van der Waals surface area contributed by atoms with Crippen LogP contribution in [0, 0.1) is 29.2 Å². The fraction of sp³-hybridized carbons (Fsp3) is 0. The lowest BCUT2D eigenvalue weighted by molar-refractivity contribution is 1.18. The largest absolute Gasteiger partial charge is 0.309 e. The molecule has 2 heterocycles. The van der Waals surface area contributed by atoms with E-state index in [1.165, 1.54) is 20.2 Å². The Morgan fingerprint density at radius 3 is 1.84 bits per heavy atom. The molecule has 0 bridgehead atoms. The molecule has 9 rings (SSSR count). The van der Waals surface area contributed by atoms with Crippen LogP contribution in [0.3, 0.4) is 0 Å². The highest BCUT2D eigenvalue weighted by molar-refractivity contribution is 7.25. The van der Waals surface area contributed by atoms with Crippen molar-refractivity contribution in [1.29, 1.82) is 10.5 Å². The predicted octanol–water partition coefficient (Wildman–Crippen LogP) is 12.4. The minimum Gasteiger partial charge on any atom is -0.309 e. The van der Waals surface area contributed by atoms with Crippen LogP contribution in [0.15, 0.2) is 146 Å². The van der Waals surface area contributed by atoms with Crippen molar-refractivity contribution in [1.82, 2.24) is 4.57 Å². The SMILES string of the molecule is [C-]#[N+]c1ccccc1-c1ccccc1-c1cc(-c2ccc3sc4ccccc4c3c2)cc(-n2c3ccc(C#N)cc3c3cc(C#N)ccc32)c1. The molecule has 0 atom stereocenters. The number of para-hydroxylation sites is 1. The first kappa shape index (κ1) is 29.2. The molecule has 7 aromatic carbocycles. The van der Waals surface area contributed by atoms with Crippen molar-refractivity contribution in [3.8, 4) is 51.2 Å². The van der Waals surface area contributed by atoms with Gasteiger partial charge in [0.05, 0.1) is 40.9 Å². The first-order valence-electron chi connectivity index (χ1n) is 16.2. The lowest BCUT2D eigenvalue weighted by atomic mass is 9.91. The molecule has 2 aromatic heterocycles. The van der Waals surface area contributed by atoms with Gasteiger partial charge in [0.25, 0.3) is 0 Å². The maximum atomic E-state index is 9.77. The minimum atomic E-state index is 0.567. The van der Waals surface area contributed by atoms with Crippen LogP contribution in [0.25, 0.3) is 85.9 Å². The van der Waals surface area contributed by atoms with Crippen LogP contribution < -0.4 is 0 Å². The van der Waals surface area contributed by atoms with Crippen LogP contribution in [0.5, 0.6) is 0 Å². The number of nitriles is 2. The van der Waals surface area contributed by atoms with E-state index < -0.39 is 0 Å². The van der Waals surface area contributed by atoms with Gasteiger partial charge >= 0.3 is 0 Å². The van der Waals surface area contributed by atoms with Crippen LogP contribution in [0.4, 0.5) is 5.69 Å². The van der Waals surface area contributed by atoms with E-state index in [1.807, 2.05) is 72.8 Å². The monoisotopic (exact) mass is 652 g/mol. The highest BCUT2D eigenvalue weighted by Crippen LogP contribution is 2.42. The quantitative estimate of drug-likeness (QED) is 0.178. The molecule has 0 saturated heterocycles. The van der Waals surface area contributed by atoms with Crippen molar-refractivity contribution >= 4 is 59.0 Å². The summed E-state index contributed by atoms with van der Waals surface area (Å²) in [5.74, 6) is 0. The zero-order chi connectivity index (χ0) is 33.8. The molecular formula is C45H24N4S. The van der Waals surface area contributed by atoms with Crippen molar-refractivity contribution in [2.45, 2.75) is 0 Å². The number of hydrogen-bond donors (Lipinski definition) is 0. The normalized spacial score (nSPS) is 11.1. The molecule has 230 valence electrons. The standard InChI is InChI=1S/C45H24N4S/c1-48-41-12-6-4-10-36(41)35-9-3-2-8-34(35)32-22-31(30-16-19-45-40(25-30)37-11-5-7-13-44(37)50-45)23-33(24-32)49-42-17-14-28(26-46)20-38(42)39-21-29(27-47)15-18-43(39)49/h2-25H. The Labute approximate surface area is 292 Å². The van der Waals surface area contributed by atoms with Gasteiger partial charge in [0.15, 0.2) is 5.69 Å². The van der Waals surface area contributed by atoms with Crippen LogP contribution >= 0.6 is 11.3 Å². The van der Waals surface area contributed by atoms with Gasteiger partial charge in [-0.3, -0.25) is 0 Å². The summed E-state index contributed by atoms with van der Waals surface area (Å²) in [6.07, 6.45) is 0. The van der Waals surface area contributed by atoms with Gasteiger partial charge in [-0.05, 0) is 106 Å². The minimum absolute atomic E-state index is 0.567. The lowest BCUT2D eigenvalue weighted by Crippen LogP contribution is -1.97. The van der Waals surface area contributed by atoms with Gasteiger partial charge in [0.1, 0.15) is 0 Å². The van der Waals surface area contributed by atoms with Crippen molar-refractivity contribution in [3.05, 3.63) is 168 Å². The molecule has 0 amide bonds. The fourth-order valence-electron chi connectivity index (χ4n) is 7.18. The summed E-state index contributed by atoms with van der Waals surface area (Å²) in [4.78, 5) is 3.85. The molecule has 0 spiro atoms. The number of thiophene rings is 1. The summed E-state index contributed by atoms with van der Waals surface area (Å²) < 4.78 is 4.74. The highest BCUT2D eigenvalue weighted by Gasteiger charge is 2.18. The number of hydrogen-bond acceptors (Lipinski definition) is 3. The molecule has 5 heteroatoms. The summed E-state index contributed by atoms with van der Waals surface area (Å²) in [6.45, 7) is 7.89. The lowest BCUT2D eigenvalue weighted by Gasteiger charge is -2.17. The van der Waals surface area contributed by atoms with Gasteiger partial charge in [-0.15, -0.1) is 11.3 Å². The van der Waals surface area contributed by atoms with Gasteiger partial charge in [-0.1, -0.05) is 72.8 Å². The third-order valence-electron chi connectivity index (χ3n) is 9.46. The van der Waals surface area contributed by atoms with E-state index in [0.29, 0.717) is 16.8 Å². The van der Waals surface area contributed by atoms with E-state index in [4.69, 9.17) is 6.57 Å². The Kier molecular flexibility index (Phi) is 6.78. The summed E-state index contributed by atoms with van der Waals surface area (Å²) >= 11 is 1.80. The Hall–Kier alpha value is -6.97. The molecule has 0 aliphatic heterocycles. The molecular weight excluding hydrogens is 629 g/mol. The van der Waals surface area contributed by atoms with E-state index >= 15 is 0 Å². The summed E-state index contributed by atoms with van der Waals surface area (Å²) in [6, 6.07) is 54.0. The second-order valence-corrected chi connectivity index (χ2v) is 13.4. The van der Waals surface area contributed by atoms with Crippen molar-refractivity contribution < 1.29 is 0 Å². The molecule has 9 aromatic rings. The molecule has 50 heavy (non-hydrogen) atoms. The van der Waals surface area contributed by atoms with E-state index in [9.17, 15) is 10.5 Å². The maximum Gasteiger partial charge on any atom is 0.194 e. The van der Waals surface area contributed by atoms with Gasteiger partial charge in [-0.2, -0.15) is 10.5 Å². The molecule has 0 N–H and O–H groups in total. The van der Waals surface area contributed by atoms with Crippen molar-refractivity contribution in [3.63, 3.8) is 0 Å². The summed E-state index contributed by atoms with van der Waals surface area (Å²) in [7, 11) is 0. The second-order valence-electron chi connectivity index (χ2n) is 12.3. The van der Waals surface area contributed by atoms with E-state index in [1.54, 1.807) is 11.3 Å². The Morgan fingerprint density at radius 2 is 1.12 bits per heavy atom. The predicted molar refractivity (Wildman–Crippen MR) is 206 cm³/mol. The molecule has 0 saturated carbocycles. The van der Waals surface area contributed by atoms with Crippen molar-refractivity contribution in [2.75, 3.05) is 0 Å². The number of rotatable bonds is 4. The van der Waals surface area contributed by atoms with E-state index in [2.05, 4.69) is 94.3 Å². The summed E-state index contributed by atoms with van der Waals surface area (Å²) in [5, 5.41) is 23.9. The second kappa shape index (κ2) is 11.6. The van der Waals surface area contributed by atoms with Crippen LogP contribution in [0.2, 0.25) is 0 Å². The first-order valence-corrected chi connectivity index (χ1v) is 17.0. The van der Waals surface area contributed by atoms with Crippen LogP contribution in [-0.4, -0.2) is 4.57 Å². The van der Waals surface area contributed by atoms with Crippen LogP contribution in [0.1, 0.15) is 11.1 Å². The number of aromatic nitrogens is 1. The zero-order valence-electron chi connectivity index (χ0n) is 26.6. The topological polar surface area (TPSA) is 56.9 Å². The summed E-state index contributed by atoms with van der Waals surface area (Å²) in [5.41, 5.74) is 10.7. The average Bonchev–Trinajstić information content (AvgIpc) is 3.72. The van der Waals surface area contributed by atoms with Crippen LogP contribution in [-0.2, 0) is 0 Å². The fourth-order valence-corrected chi connectivity index (χ4v) is 8.26. The molecule has 0 aliphatic rings. The number of nitrogens with zero attached hydrogens (tertiary/aromatic N) is 4. The molecule has 0 unspecified atom stereocenters. The van der Waals surface area contributed by atoms with Gasteiger partial charge in [-0.25, -0.2) is 4.85 Å². The maximum absolute atomic E-state index is 9.77. The zero-order valence-corrected chi connectivity index (χ0v) is 27.4. The highest BCUT2D eigenvalue weighted by atomic mass is 32.1. The molecule has 4 nitrogen and oxygen atoms in total.